The molecule has 1 aliphatic carbocycles. The van der Waals surface area contributed by atoms with E-state index in [4.69, 9.17) is 0 Å². The molecule has 0 radical (unpaired) electrons. The first-order valence-corrected chi connectivity index (χ1v) is 10.1. The minimum atomic E-state index is -0.0932. The zero-order valence-electron chi connectivity index (χ0n) is 14.7. The molecule has 2 atom stereocenters. The summed E-state index contributed by atoms with van der Waals surface area (Å²) in [4.78, 5) is 19.7. The zero-order chi connectivity index (χ0) is 17.7. The highest BCUT2D eigenvalue weighted by molar-refractivity contribution is 7.10. The van der Waals surface area contributed by atoms with E-state index < -0.39 is 0 Å². The Labute approximate surface area is 156 Å². The predicted molar refractivity (Wildman–Crippen MR) is 103 cm³/mol. The highest BCUT2D eigenvalue weighted by Crippen LogP contribution is 2.34. The fourth-order valence-electron chi connectivity index (χ4n) is 4.54. The van der Waals surface area contributed by atoms with Gasteiger partial charge in [0.15, 0.2) is 5.71 Å². The number of nitrogens with zero attached hydrogens (tertiary/aromatic N) is 4. The maximum Gasteiger partial charge on any atom is 0.272 e. The molecule has 26 heavy (non-hydrogen) atoms. The van der Waals surface area contributed by atoms with Crippen LogP contribution in [0, 0.1) is 0 Å². The lowest BCUT2D eigenvalue weighted by Gasteiger charge is -2.36. The summed E-state index contributed by atoms with van der Waals surface area (Å²) in [6, 6.07) is 1.44. The molecule has 0 aromatic carbocycles. The van der Waals surface area contributed by atoms with Crippen molar-refractivity contribution in [2.24, 2.45) is 10.2 Å². The quantitative estimate of drug-likeness (QED) is 0.892. The van der Waals surface area contributed by atoms with Crippen molar-refractivity contribution in [3.8, 4) is 0 Å². The molecule has 6 nitrogen and oxygen atoms in total. The van der Waals surface area contributed by atoms with Gasteiger partial charge in [-0.1, -0.05) is 6.08 Å². The first-order chi connectivity index (χ1) is 12.7. The van der Waals surface area contributed by atoms with Gasteiger partial charge in [-0.2, -0.15) is 5.10 Å². The van der Waals surface area contributed by atoms with Crippen LogP contribution in [0.25, 0.3) is 5.57 Å². The van der Waals surface area contributed by atoms with Gasteiger partial charge in [0.05, 0.1) is 5.71 Å². The second-order valence-electron chi connectivity index (χ2n) is 7.45. The Bertz CT molecular complexity index is 853. The van der Waals surface area contributed by atoms with Crippen LogP contribution in [0.2, 0.25) is 0 Å². The van der Waals surface area contributed by atoms with Crippen molar-refractivity contribution in [1.29, 1.82) is 0 Å². The average Bonchev–Trinajstić information content (AvgIpc) is 3.34. The van der Waals surface area contributed by atoms with Crippen LogP contribution < -0.4 is 5.32 Å². The number of rotatable bonds is 3. The van der Waals surface area contributed by atoms with E-state index in [0.717, 1.165) is 34.7 Å². The number of amides is 1. The van der Waals surface area contributed by atoms with Crippen molar-refractivity contribution < 1.29 is 4.79 Å². The van der Waals surface area contributed by atoms with Gasteiger partial charge in [0.25, 0.3) is 5.91 Å². The van der Waals surface area contributed by atoms with Gasteiger partial charge >= 0.3 is 0 Å². The lowest BCUT2D eigenvalue weighted by Crippen LogP contribution is -2.50. The summed E-state index contributed by atoms with van der Waals surface area (Å²) in [7, 11) is 2.21. The van der Waals surface area contributed by atoms with Crippen molar-refractivity contribution in [2.45, 2.75) is 50.2 Å². The number of hydrogen-bond donors (Lipinski definition) is 1. The number of carbonyl (C=O) groups excluding carboxylic acids is 1. The standard InChI is InChI=1S/C19H21N5OS/c1-24-13-3-4-14(24)10-12(9-13)21-18(25)17-15-8-11(19-20-6-7-26-19)2-5-16(15)22-23-17/h2,6-8,12-14H,3-5,9-10H2,1H3,(H,21,25). The van der Waals surface area contributed by atoms with Gasteiger partial charge in [0.2, 0.25) is 0 Å². The van der Waals surface area contributed by atoms with Crippen LogP contribution in [0.5, 0.6) is 0 Å². The lowest BCUT2D eigenvalue weighted by molar-refractivity contribution is -0.115. The first-order valence-electron chi connectivity index (χ1n) is 9.19. The van der Waals surface area contributed by atoms with Crippen molar-refractivity contribution in [3.05, 3.63) is 34.3 Å². The number of thiazole rings is 1. The number of fused-ring (bicyclic) bond motifs is 3. The third-order valence-corrected chi connectivity index (χ3v) is 6.80. The molecule has 1 N–H and O–H groups in total. The molecule has 2 saturated heterocycles. The summed E-state index contributed by atoms with van der Waals surface area (Å²) < 4.78 is 0. The highest BCUT2D eigenvalue weighted by Gasteiger charge is 2.39. The number of allylic oxidation sites excluding steroid dienone is 3. The Kier molecular flexibility index (Phi) is 3.86. The van der Waals surface area contributed by atoms with E-state index in [1.807, 2.05) is 11.5 Å². The normalized spacial score (nSPS) is 30.3. The monoisotopic (exact) mass is 367 g/mol. The summed E-state index contributed by atoms with van der Waals surface area (Å²) >= 11 is 1.60. The molecule has 1 aromatic rings. The Morgan fingerprint density at radius 1 is 1.27 bits per heavy atom. The summed E-state index contributed by atoms with van der Waals surface area (Å²) in [5.74, 6) is -0.0932. The molecule has 3 aliphatic heterocycles. The Morgan fingerprint density at radius 2 is 2.08 bits per heavy atom. The largest absolute Gasteiger partial charge is 0.348 e. The van der Waals surface area contributed by atoms with Crippen LogP contribution in [-0.2, 0) is 4.79 Å². The summed E-state index contributed by atoms with van der Waals surface area (Å²) in [5, 5.41) is 14.6. The lowest BCUT2D eigenvalue weighted by atomic mass is 9.93. The van der Waals surface area contributed by atoms with Crippen molar-refractivity contribution in [3.63, 3.8) is 0 Å². The van der Waals surface area contributed by atoms with Crippen LogP contribution in [0.4, 0.5) is 0 Å². The Balaban J connectivity index is 1.31. The summed E-state index contributed by atoms with van der Waals surface area (Å²) in [5.41, 5.74) is 3.23. The molecule has 134 valence electrons. The Hall–Kier alpha value is -2.12. The molecule has 1 aromatic heterocycles. The maximum atomic E-state index is 12.9. The van der Waals surface area contributed by atoms with Gasteiger partial charge in [0, 0.05) is 47.3 Å². The average molecular weight is 367 g/mol. The van der Waals surface area contributed by atoms with Crippen molar-refractivity contribution in [1.82, 2.24) is 15.2 Å². The van der Waals surface area contributed by atoms with Crippen LogP contribution in [0.15, 0.2) is 39.5 Å². The maximum absolute atomic E-state index is 12.9. The highest BCUT2D eigenvalue weighted by atomic mass is 32.1. The van der Waals surface area contributed by atoms with Gasteiger partial charge in [-0.05, 0) is 38.8 Å². The van der Waals surface area contributed by atoms with Gasteiger partial charge in [-0.25, -0.2) is 4.98 Å². The fraction of sp³-hybridized carbons (Fsp3) is 0.474. The number of aromatic nitrogens is 1. The second-order valence-corrected chi connectivity index (χ2v) is 8.34. The molecule has 5 rings (SSSR count). The number of nitrogens with one attached hydrogen (secondary N) is 1. The van der Waals surface area contributed by atoms with Crippen LogP contribution in [0.3, 0.4) is 0 Å². The van der Waals surface area contributed by atoms with E-state index in [9.17, 15) is 4.79 Å². The topological polar surface area (TPSA) is 70.0 Å². The number of hydrogen-bond acceptors (Lipinski definition) is 6. The van der Waals surface area contributed by atoms with Gasteiger partial charge in [0.1, 0.15) is 5.01 Å². The third-order valence-electron chi connectivity index (χ3n) is 5.98. The molecule has 1 amide bonds. The van der Waals surface area contributed by atoms with E-state index in [1.54, 1.807) is 17.5 Å². The van der Waals surface area contributed by atoms with Gasteiger partial charge < -0.3 is 10.2 Å². The molecule has 0 saturated carbocycles. The molecule has 4 aliphatic rings. The van der Waals surface area contributed by atoms with Crippen molar-refractivity contribution >= 4 is 34.2 Å². The molecule has 4 heterocycles. The molecule has 2 fully saturated rings. The summed E-state index contributed by atoms with van der Waals surface area (Å²) in [6.07, 6.45) is 11.2. The molecule has 7 heteroatoms. The summed E-state index contributed by atoms with van der Waals surface area (Å²) in [6.45, 7) is 0. The zero-order valence-corrected chi connectivity index (χ0v) is 15.5. The van der Waals surface area contributed by atoms with Gasteiger partial charge in [-0.3, -0.25) is 4.79 Å². The van der Waals surface area contributed by atoms with E-state index in [1.165, 1.54) is 12.8 Å². The number of piperidine rings is 1. The molecule has 2 unspecified atom stereocenters. The van der Waals surface area contributed by atoms with Crippen LogP contribution >= 0.6 is 11.3 Å². The predicted octanol–water partition coefficient (Wildman–Crippen LogP) is 2.41. The van der Waals surface area contributed by atoms with Crippen LogP contribution in [0.1, 0.15) is 37.1 Å². The van der Waals surface area contributed by atoms with E-state index in [2.05, 4.69) is 38.5 Å². The van der Waals surface area contributed by atoms with Gasteiger partial charge in [-0.15, -0.1) is 16.4 Å². The second kappa shape index (κ2) is 6.25. The van der Waals surface area contributed by atoms with E-state index in [0.29, 0.717) is 24.2 Å². The third kappa shape index (κ3) is 2.66. The Morgan fingerprint density at radius 3 is 2.81 bits per heavy atom. The molecule has 2 bridgehead atoms. The SMILES string of the molecule is CN1C2CCC1CC(NC(=O)C1=NN=C3CC=C(c4nccs4)C=C31)C2. The smallest absolute Gasteiger partial charge is 0.272 e. The van der Waals surface area contributed by atoms with E-state index >= 15 is 0 Å². The van der Waals surface area contributed by atoms with Crippen molar-refractivity contribution in [2.75, 3.05) is 7.05 Å². The van der Waals surface area contributed by atoms with Crippen LogP contribution in [-0.4, -0.2) is 52.4 Å². The minimum absolute atomic E-state index is 0.0932. The van der Waals surface area contributed by atoms with E-state index in [-0.39, 0.29) is 11.9 Å². The minimum Gasteiger partial charge on any atom is -0.348 e. The molecular weight excluding hydrogens is 346 g/mol. The molecular formula is C19H21N5OS. The first kappa shape index (κ1) is 16.1. The number of carbonyl (C=O) groups is 1. The fourth-order valence-corrected chi connectivity index (χ4v) is 5.19. The molecule has 0 spiro atoms.